The van der Waals surface area contributed by atoms with E-state index in [2.05, 4.69) is 5.32 Å². The molecule has 0 aromatic heterocycles. The van der Waals surface area contributed by atoms with Crippen molar-refractivity contribution in [3.63, 3.8) is 0 Å². The fraction of sp³-hybridized carbons (Fsp3) is 0.381. The predicted octanol–water partition coefficient (Wildman–Crippen LogP) is 3.61. The Balaban J connectivity index is 2.13. The first-order valence-corrected chi connectivity index (χ1v) is 11.6. The van der Waals surface area contributed by atoms with E-state index in [0.717, 1.165) is 21.9 Å². The van der Waals surface area contributed by atoms with Gasteiger partial charge in [-0.1, -0.05) is 23.7 Å². The monoisotopic (exact) mass is 454 g/mol. The SMILES string of the molecule is COc1ccc(N([C@@H](C)C(=O)NCc2ccc(OC(C)C)cc2)S(C)(=O)=O)cc1Cl. The van der Waals surface area contributed by atoms with Crippen LogP contribution in [0.5, 0.6) is 11.5 Å². The molecule has 1 N–H and O–H groups in total. The van der Waals surface area contributed by atoms with Crippen molar-refractivity contribution in [2.45, 2.75) is 39.5 Å². The molecule has 2 aromatic rings. The summed E-state index contributed by atoms with van der Waals surface area (Å²) in [7, 11) is -2.28. The lowest BCUT2D eigenvalue weighted by Gasteiger charge is -2.28. The van der Waals surface area contributed by atoms with Crippen LogP contribution in [0.1, 0.15) is 26.3 Å². The number of halogens is 1. The summed E-state index contributed by atoms with van der Waals surface area (Å²) in [6.07, 6.45) is 1.12. The van der Waals surface area contributed by atoms with Crippen LogP contribution in [0.25, 0.3) is 0 Å². The summed E-state index contributed by atoms with van der Waals surface area (Å²) < 4.78 is 36.5. The van der Waals surface area contributed by atoms with E-state index in [4.69, 9.17) is 21.1 Å². The maximum atomic E-state index is 12.7. The van der Waals surface area contributed by atoms with E-state index in [1.165, 1.54) is 20.1 Å². The standard InChI is InChI=1S/C21H27ClN2O5S/c1-14(2)29-18-9-6-16(7-10-18)13-23-21(25)15(3)24(30(5,26)27)17-8-11-20(28-4)19(22)12-17/h6-12,14-15H,13H2,1-5H3,(H,23,25)/t15-/m0/s1. The van der Waals surface area contributed by atoms with Crippen molar-refractivity contribution in [1.82, 2.24) is 5.32 Å². The minimum Gasteiger partial charge on any atom is -0.495 e. The third-order valence-corrected chi connectivity index (χ3v) is 5.78. The van der Waals surface area contributed by atoms with Crippen LogP contribution in [0.3, 0.4) is 0 Å². The minimum absolute atomic E-state index is 0.0739. The number of methoxy groups -OCH3 is 1. The summed E-state index contributed by atoms with van der Waals surface area (Å²) in [6.45, 7) is 5.66. The van der Waals surface area contributed by atoms with Crippen LogP contribution in [0.2, 0.25) is 5.02 Å². The van der Waals surface area contributed by atoms with Crippen molar-refractivity contribution < 1.29 is 22.7 Å². The van der Waals surface area contributed by atoms with E-state index < -0.39 is 22.0 Å². The molecule has 0 aliphatic rings. The molecular formula is C21H27ClN2O5S. The number of anilines is 1. The van der Waals surface area contributed by atoms with Crippen molar-refractivity contribution in [3.8, 4) is 11.5 Å². The van der Waals surface area contributed by atoms with Gasteiger partial charge >= 0.3 is 0 Å². The first kappa shape index (κ1) is 23.8. The lowest BCUT2D eigenvalue weighted by molar-refractivity contribution is -0.122. The van der Waals surface area contributed by atoms with E-state index >= 15 is 0 Å². The van der Waals surface area contributed by atoms with Gasteiger partial charge in [0.1, 0.15) is 17.5 Å². The summed E-state index contributed by atoms with van der Waals surface area (Å²) in [5.41, 5.74) is 1.14. The number of hydrogen-bond acceptors (Lipinski definition) is 5. The smallest absolute Gasteiger partial charge is 0.243 e. The number of nitrogens with one attached hydrogen (secondary N) is 1. The van der Waals surface area contributed by atoms with Crippen molar-refractivity contribution >= 4 is 33.2 Å². The third-order valence-electron chi connectivity index (χ3n) is 4.24. The lowest BCUT2D eigenvalue weighted by Crippen LogP contribution is -2.47. The molecule has 0 saturated carbocycles. The quantitative estimate of drug-likeness (QED) is 0.625. The average molecular weight is 455 g/mol. The van der Waals surface area contributed by atoms with Crippen LogP contribution in [0.15, 0.2) is 42.5 Å². The molecular weight excluding hydrogens is 428 g/mol. The van der Waals surface area contributed by atoms with Gasteiger partial charge in [-0.2, -0.15) is 0 Å². The second-order valence-electron chi connectivity index (χ2n) is 7.08. The molecule has 0 aliphatic heterocycles. The second-order valence-corrected chi connectivity index (χ2v) is 9.35. The van der Waals surface area contributed by atoms with Gasteiger partial charge in [0.2, 0.25) is 15.9 Å². The summed E-state index contributed by atoms with van der Waals surface area (Å²) >= 11 is 6.14. The van der Waals surface area contributed by atoms with E-state index in [1.54, 1.807) is 12.1 Å². The molecule has 7 nitrogen and oxygen atoms in total. The normalized spacial score (nSPS) is 12.4. The Labute approximate surface area is 183 Å². The molecule has 1 amide bonds. The molecule has 0 spiro atoms. The molecule has 164 valence electrons. The number of amides is 1. The topological polar surface area (TPSA) is 84.9 Å². The first-order valence-electron chi connectivity index (χ1n) is 9.39. The average Bonchev–Trinajstić information content (AvgIpc) is 2.66. The molecule has 0 radical (unpaired) electrons. The highest BCUT2D eigenvalue weighted by Crippen LogP contribution is 2.31. The molecule has 2 rings (SSSR count). The third kappa shape index (κ3) is 6.27. The lowest BCUT2D eigenvalue weighted by atomic mass is 10.2. The van der Waals surface area contributed by atoms with Crippen LogP contribution >= 0.6 is 11.6 Å². The van der Waals surface area contributed by atoms with Gasteiger partial charge in [-0.15, -0.1) is 0 Å². The fourth-order valence-corrected chi connectivity index (χ4v) is 4.31. The zero-order valence-electron chi connectivity index (χ0n) is 17.7. The van der Waals surface area contributed by atoms with E-state index in [1.807, 2.05) is 38.1 Å². The molecule has 0 heterocycles. The highest BCUT2D eigenvalue weighted by molar-refractivity contribution is 7.92. The Kier molecular flexibility index (Phi) is 7.97. The summed E-state index contributed by atoms with van der Waals surface area (Å²) in [5.74, 6) is 0.721. The van der Waals surface area contributed by atoms with Gasteiger partial charge in [-0.25, -0.2) is 8.42 Å². The minimum atomic E-state index is -3.74. The van der Waals surface area contributed by atoms with Crippen LogP contribution in [0.4, 0.5) is 5.69 Å². The van der Waals surface area contributed by atoms with Crippen molar-refractivity contribution in [2.24, 2.45) is 0 Å². The van der Waals surface area contributed by atoms with Gasteiger partial charge in [0.25, 0.3) is 0 Å². The molecule has 9 heteroatoms. The van der Waals surface area contributed by atoms with Crippen LogP contribution < -0.4 is 19.1 Å². The van der Waals surface area contributed by atoms with Gasteiger partial charge in [-0.05, 0) is 56.7 Å². The maximum absolute atomic E-state index is 12.7. The molecule has 0 saturated heterocycles. The van der Waals surface area contributed by atoms with Crippen LogP contribution in [0, 0.1) is 0 Å². The zero-order chi connectivity index (χ0) is 22.5. The molecule has 0 aliphatic carbocycles. The number of rotatable bonds is 9. The van der Waals surface area contributed by atoms with Gasteiger partial charge < -0.3 is 14.8 Å². The Morgan fingerprint density at radius 1 is 1.13 bits per heavy atom. The van der Waals surface area contributed by atoms with Crippen molar-refractivity contribution in [2.75, 3.05) is 17.7 Å². The maximum Gasteiger partial charge on any atom is 0.243 e. The number of nitrogens with zero attached hydrogens (tertiary/aromatic N) is 1. The van der Waals surface area contributed by atoms with E-state index in [9.17, 15) is 13.2 Å². The molecule has 1 atom stereocenters. The Hall–Kier alpha value is -2.45. The van der Waals surface area contributed by atoms with Crippen molar-refractivity contribution in [1.29, 1.82) is 0 Å². The number of carbonyl (C=O) groups excluding carboxylic acids is 1. The molecule has 0 fully saturated rings. The Morgan fingerprint density at radius 2 is 1.77 bits per heavy atom. The largest absolute Gasteiger partial charge is 0.495 e. The van der Waals surface area contributed by atoms with Crippen molar-refractivity contribution in [3.05, 3.63) is 53.1 Å². The van der Waals surface area contributed by atoms with Gasteiger partial charge in [0.05, 0.1) is 30.2 Å². The second kappa shape index (κ2) is 10.0. The first-order chi connectivity index (χ1) is 14.0. The number of sulfonamides is 1. The number of hydrogen-bond donors (Lipinski definition) is 1. The Bertz CT molecular complexity index is 977. The Morgan fingerprint density at radius 3 is 2.27 bits per heavy atom. The highest BCUT2D eigenvalue weighted by Gasteiger charge is 2.29. The summed E-state index contributed by atoms with van der Waals surface area (Å²) in [5, 5.41) is 3.02. The van der Waals surface area contributed by atoms with E-state index in [0.29, 0.717) is 5.75 Å². The van der Waals surface area contributed by atoms with Gasteiger partial charge in [-0.3, -0.25) is 9.10 Å². The van der Waals surface area contributed by atoms with Gasteiger partial charge in [0, 0.05) is 6.54 Å². The molecule has 30 heavy (non-hydrogen) atoms. The number of carbonyl (C=O) groups is 1. The van der Waals surface area contributed by atoms with Crippen LogP contribution in [-0.2, 0) is 21.4 Å². The molecule has 0 bridgehead atoms. The summed E-state index contributed by atoms with van der Waals surface area (Å²) in [4.78, 5) is 12.7. The number of ether oxygens (including phenoxy) is 2. The van der Waals surface area contributed by atoms with Gasteiger partial charge in [0.15, 0.2) is 0 Å². The highest BCUT2D eigenvalue weighted by atomic mass is 35.5. The zero-order valence-corrected chi connectivity index (χ0v) is 19.3. The molecule has 2 aromatic carbocycles. The fourth-order valence-electron chi connectivity index (χ4n) is 2.90. The number of benzene rings is 2. The predicted molar refractivity (Wildman–Crippen MR) is 119 cm³/mol. The molecule has 0 unspecified atom stereocenters. The van der Waals surface area contributed by atoms with Crippen LogP contribution in [-0.4, -0.2) is 39.8 Å². The summed E-state index contributed by atoms with van der Waals surface area (Å²) in [6, 6.07) is 10.9. The van der Waals surface area contributed by atoms with E-state index in [-0.39, 0.29) is 23.4 Å².